The summed E-state index contributed by atoms with van der Waals surface area (Å²) in [6.45, 7) is 0. The highest BCUT2D eigenvalue weighted by molar-refractivity contribution is 7.26. The number of fused-ring (bicyclic) bond motifs is 10. The van der Waals surface area contributed by atoms with Crippen LogP contribution in [0.4, 0.5) is 0 Å². The fraction of sp³-hybridized carbons (Fsp3) is 0. The third-order valence-electron chi connectivity index (χ3n) is 11.2. The second-order valence-electron chi connectivity index (χ2n) is 14.4. The minimum atomic E-state index is 0.654. The number of para-hydroxylation sites is 3. The van der Waals surface area contributed by atoms with Crippen LogP contribution in [0.1, 0.15) is 0 Å². The summed E-state index contributed by atoms with van der Waals surface area (Å²) in [7, 11) is 0. The maximum Gasteiger partial charge on any atom is 0.165 e. The van der Waals surface area contributed by atoms with E-state index in [4.69, 9.17) is 15.0 Å². The van der Waals surface area contributed by atoms with Crippen molar-refractivity contribution in [3.05, 3.63) is 188 Å². The Morgan fingerprint density at radius 1 is 0.368 bits per heavy atom. The summed E-state index contributed by atoms with van der Waals surface area (Å²) in [6, 6.07) is 66.6. The Kier molecular flexibility index (Phi) is 7.03. The summed E-state index contributed by atoms with van der Waals surface area (Å²) in [4.78, 5) is 15.3. The first kappa shape index (κ1) is 31.9. The Morgan fingerprint density at radius 2 is 0.877 bits per heavy atom. The Hall–Kier alpha value is -7.41. The van der Waals surface area contributed by atoms with Crippen molar-refractivity contribution in [1.82, 2.24) is 24.1 Å². The van der Waals surface area contributed by atoms with Crippen molar-refractivity contribution in [3.63, 3.8) is 0 Å². The van der Waals surface area contributed by atoms with E-state index in [1.165, 1.54) is 59.1 Å². The van der Waals surface area contributed by atoms with Crippen LogP contribution in [0.25, 0.3) is 109 Å². The Bertz CT molecular complexity index is 3450. The summed E-state index contributed by atoms with van der Waals surface area (Å²) < 4.78 is 7.31. The van der Waals surface area contributed by atoms with Crippen molar-refractivity contribution in [2.45, 2.75) is 0 Å². The number of nitrogens with zero attached hydrogens (tertiary/aromatic N) is 5. The zero-order valence-electron chi connectivity index (χ0n) is 30.5. The molecule has 0 aliphatic rings. The second-order valence-corrected chi connectivity index (χ2v) is 15.4. The van der Waals surface area contributed by atoms with Crippen LogP contribution in [0.3, 0.4) is 0 Å². The second kappa shape index (κ2) is 12.6. The standard InChI is InChI=1S/C51H31N5S/c1-4-16-32(17-5-1)49-52-50(33-18-6-2-7-19-33)54-51(53-49)40-25-14-24-39-45-43(28-15-29-44(45)57-48(39)40)56-42-27-13-11-23-36(42)38-31-30-37-35-22-10-12-26-41(35)55(46(37)47(38)56)34-20-8-3-9-21-34/h1-31H. The van der Waals surface area contributed by atoms with Gasteiger partial charge in [0.05, 0.1) is 27.8 Å². The predicted octanol–water partition coefficient (Wildman–Crippen LogP) is 13.4. The van der Waals surface area contributed by atoms with Crippen molar-refractivity contribution < 1.29 is 0 Å². The Morgan fingerprint density at radius 3 is 1.53 bits per heavy atom. The van der Waals surface area contributed by atoms with Crippen LogP contribution in [0.15, 0.2) is 188 Å². The molecular weight excluding hydrogens is 715 g/mol. The van der Waals surface area contributed by atoms with Crippen LogP contribution in [-0.4, -0.2) is 24.1 Å². The van der Waals surface area contributed by atoms with Crippen LogP contribution in [0.5, 0.6) is 0 Å². The number of rotatable bonds is 5. The van der Waals surface area contributed by atoms with E-state index in [1.54, 1.807) is 11.3 Å². The van der Waals surface area contributed by atoms with Gasteiger partial charge in [-0.25, -0.2) is 15.0 Å². The molecule has 0 atom stereocenters. The van der Waals surface area contributed by atoms with Gasteiger partial charge in [0.1, 0.15) is 0 Å². The van der Waals surface area contributed by atoms with E-state index in [9.17, 15) is 0 Å². The average molecular weight is 746 g/mol. The van der Waals surface area contributed by atoms with Gasteiger partial charge in [-0.15, -0.1) is 11.3 Å². The molecule has 0 fully saturated rings. The van der Waals surface area contributed by atoms with Gasteiger partial charge < -0.3 is 9.13 Å². The van der Waals surface area contributed by atoms with E-state index in [-0.39, 0.29) is 0 Å². The highest BCUT2D eigenvalue weighted by Crippen LogP contribution is 2.46. The quantitative estimate of drug-likeness (QED) is 0.176. The molecule has 57 heavy (non-hydrogen) atoms. The van der Waals surface area contributed by atoms with Crippen molar-refractivity contribution in [1.29, 1.82) is 0 Å². The minimum absolute atomic E-state index is 0.654. The van der Waals surface area contributed by atoms with Crippen LogP contribution < -0.4 is 0 Å². The summed E-state index contributed by atoms with van der Waals surface area (Å²) in [5.41, 5.74) is 9.92. The molecule has 12 aromatic rings. The molecule has 266 valence electrons. The third-order valence-corrected chi connectivity index (χ3v) is 12.4. The summed E-state index contributed by atoms with van der Waals surface area (Å²) >= 11 is 1.80. The van der Waals surface area contributed by atoms with Crippen molar-refractivity contribution in [2.24, 2.45) is 0 Å². The van der Waals surface area contributed by atoms with Crippen LogP contribution >= 0.6 is 11.3 Å². The van der Waals surface area contributed by atoms with Gasteiger partial charge in [-0.2, -0.15) is 0 Å². The van der Waals surface area contributed by atoms with Gasteiger partial charge >= 0.3 is 0 Å². The number of benzene rings is 8. The van der Waals surface area contributed by atoms with Gasteiger partial charge in [0.25, 0.3) is 0 Å². The molecule has 0 aliphatic heterocycles. The molecule has 4 aromatic heterocycles. The molecule has 4 heterocycles. The van der Waals surface area contributed by atoms with Gasteiger partial charge in [-0.1, -0.05) is 146 Å². The van der Waals surface area contributed by atoms with Gasteiger partial charge in [0.2, 0.25) is 0 Å². The first-order chi connectivity index (χ1) is 28.3. The van der Waals surface area contributed by atoms with Gasteiger partial charge in [0, 0.05) is 64.1 Å². The molecule has 12 rings (SSSR count). The Balaban J connectivity index is 1.17. The minimum Gasteiger partial charge on any atom is -0.307 e. The van der Waals surface area contributed by atoms with Crippen molar-refractivity contribution in [2.75, 3.05) is 0 Å². The first-order valence-electron chi connectivity index (χ1n) is 19.1. The molecule has 0 radical (unpaired) electrons. The number of aromatic nitrogens is 5. The lowest BCUT2D eigenvalue weighted by molar-refractivity contribution is 1.08. The van der Waals surface area contributed by atoms with Crippen molar-refractivity contribution in [3.8, 4) is 45.5 Å². The molecule has 0 N–H and O–H groups in total. The SMILES string of the molecule is c1ccc(-c2nc(-c3ccccc3)nc(-c3cccc4c3sc3cccc(-n5c6ccccc6c6ccc7c8ccccc8n(-c8ccccc8)c7c65)c34)n2)cc1. The molecule has 0 saturated carbocycles. The molecule has 5 nitrogen and oxygen atoms in total. The average Bonchev–Trinajstić information content (AvgIpc) is 3.95. The highest BCUT2D eigenvalue weighted by Gasteiger charge is 2.24. The molecule has 0 amide bonds. The maximum absolute atomic E-state index is 5.14. The normalized spacial score (nSPS) is 11.9. The molecule has 0 spiro atoms. The molecule has 0 aliphatic carbocycles. The fourth-order valence-corrected chi connectivity index (χ4v) is 9.95. The maximum atomic E-state index is 5.14. The van der Waals surface area contributed by atoms with E-state index in [0.717, 1.165) is 32.8 Å². The third kappa shape index (κ3) is 4.84. The van der Waals surface area contributed by atoms with Crippen LogP contribution in [-0.2, 0) is 0 Å². The van der Waals surface area contributed by atoms with E-state index in [2.05, 4.69) is 161 Å². The smallest absolute Gasteiger partial charge is 0.165 e. The molecule has 0 bridgehead atoms. The fourth-order valence-electron chi connectivity index (χ4n) is 8.72. The van der Waals surface area contributed by atoms with E-state index < -0.39 is 0 Å². The number of hydrogen-bond donors (Lipinski definition) is 0. The van der Waals surface area contributed by atoms with Gasteiger partial charge in [-0.3, -0.25) is 0 Å². The zero-order chi connectivity index (χ0) is 37.5. The molecular formula is C51H31N5S. The predicted molar refractivity (Wildman–Crippen MR) is 238 cm³/mol. The number of hydrogen-bond acceptors (Lipinski definition) is 4. The monoisotopic (exact) mass is 745 g/mol. The molecule has 0 saturated heterocycles. The lowest BCUT2D eigenvalue weighted by atomic mass is 10.1. The zero-order valence-corrected chi connectivity index (χ0v) is 31.4. The van der Waals surface area contributed by atoms with Crippen molar-refractivity contribution >= 4 is 75.1 Å². The highest BCUT2D eigenvalue weighted by atomic mass is 32.1. The molecule has 8 aromatic carbocycles. The lowest BCUT2D eigenvalue weighted by Crippen LogP contribution is -2.00. The van der Waals surface area contributed by atoms with Crippen LogP contribution in [0.2, 0.25) is 0 Å². The lowest BCUT2D eigenvalue weighted by Gasteiger charge is -2.14. The van der Waals surface area contributed by atoms with E-state index in [1.807, 2.05) is 36.4 Å². The van der Waals surface area contributed by atoms with E-state index >= 15 is 0 Å². The van der Waals surface area contributed by atoms with E-state index in [0.29, 0.717) is 17.5 Å². The van der Waals surface area contributed by atoms with Crippen LogP contribution in [0, 0.1) is 0 Å². The largest absolute Gasteiger partial charge is 0.307 e. The van der Waals surface area contributed by atoms with Gasteiger partial charge in [0.15, 0.2) is 17.5 Å². The van der Waals surface area contributed by atoms with Gasteiger partial charge in [-0.05, 0) is 42.5 Å². The topological polar surface area (TPSA) is 48.5 Å². The molecule has 6 heteroatoms. The Labute approximate surface area is 331 Å². The first-order valence-corrected chi connectivity index (χ1v) is 19.9. The summed E-state index contributed by atoms with van der Waals surface area (Å²) in [5, 5.41) is 7.30. The number of thiophene rings is 1. The summed E-state index contributed by atoms with van der Waals surface area (Å²) in [5.74, 6) is 1.97. The molecule has 0 unspecified atom stereocenters. The summed E-state index contributed by atoms with van der Waals surface area (Å²) in [6.07, 6.45) is 0.